The molecular formula is C7H12N2O3S. The van der Waals surface area contributed by atoms with Gasteiger partial charge in [-0.2, -0.15) is 0 Å². The molecule has 3 N–H and O–H groups in total. The van der Waals surface area contributed by atoms with E-state index in [9.17, 15) is 14.4 Å². The van der Waals surface area contributed by atoms with Crippen molar-refractivity contribution in [1.82, 2.24) is 5.32 Å². The molecule has 1 atom stereocenters. The molecule has 0 aromatic heterocycles. The van der Waals surface area contributed by atoms with Crippen LogP contribution in [0.4, 0.5) is 0 Å². The molecule has 0 saturated carbocycles. The van der Waals surface area contributed by atoms with Crippen molar-refractivity contribution in [2.45, 2.75) is 19.9 Å². The number of hydrogen-bond acceptors (Lipinski definition) is 4. The van der Waals surface area contributed by atoms with E-state index in [2.05, 4.69) is 5.32 Å². The van der Waals surface area contributed by atoms with E-state index in [-0.39, 0.29) is 16.8 Å². The Balaban J connectivity index is 4.02. The van der Waals surface area contributed by atoms with Gasteiger partial charge in [-0.1, -0.05) is 11.8 Å². The van der Waals surface area contributed by atoms with Gasteiger partial charge in [0, 0.05) is 19.6 Å². The molecular weight excluding hydrogens is 192 g/mol. The van der Waals surface area contributed by atoms with Crippen molar-refractivity contribution in [2.75, 3.05) is 5.75 Å². The summed E-state index contributed by atoms with van der Waals surface area (Å²) in [5, 5.41) is 2.23. The minimum absolute atomic E-state index is 0.114. The molecule has 0 saturated heterocycles. The van der Waals surface area contributed by atoms with Gasteiger partial charge in [-0.15, -0.1) is 0 Å². The molecule has 0 heterocycles. The summed E-state index contributed by atoms with van der Waals surface area (Å²) in [6.45, 7) is 2.67. The summed E-state index contributed by atoms with van der Waals surface area (Å²) in [6.07, 6.45) is 0. The summed E-state index contributed by atoms with van der Waals surface area (Å²) in [7, 11) is 0. The zero-order chi connectivity index (χ0) is 10.4. The van der Waals surface area contributed by atoms with Crippen LogP contribution in [0.3, 0.4) is 0 Å². The van der Waals surface area contributed by atoms with Gasteiger partial charge in [0.15, 0.2) is 5.12 Å². The van der Waals surface area contributed by atoms with E-state index in [1.807, 2.05) is 0 Å². The summed E-state index contributed by atoms with van der Waals surface area (Å²) >= 11 is 0.955. The lowest BCUT2D eigenvalue weighted by molar-refractivity contribution is -0.125. The van der Waals surface area contributed by atoms with E-state index in [4.69, 9.17) is 5.73 Å². The third-order valence-corrected chi connectivity index (χ3v) is 2.08. The number of primary amides is 1. The van der Waals surface area contributed by atoms with E-state index in [1.165, 1.54) is 13.8 Å². The first-order chi connectivity index (χ1) is 5.93. The Morgan fingerprint density at radius 3 is 2.23 bits per heavy atom. The van der Waals surface area contributed by atoms with Crippen molar-refractivity contribution < 1.29 is 14.4 Å². The van der Waals surface area contributed by atoms with Crippen LogP contribution < -0.4 is 11.1 Å². The minimum atomic E-state index is -0.772. The van der Waals surface area contributed by atoms with Crippen LogP contribution in [0.5, 0.6) is 0 Å². The first-order valence-corrected chi connectivity index (χ1v) is 4.62. The minimum Gasteiger partial charge on any atom is -0.368 e. The van der Waals surface area contributed by atoms with Gasteiger partial charge in [0.05, 0.1) is 0 Å². The third-order valence-electron chi connectivity index (χ3n) is 1.17. The van der Waals surface area contributed by atoms with Crippen molar-refractivity contribution >= 4 is 28.7 Å². The van der Waals surface area contributed by atoms with Crippen LogP contribution in [0.15, 0.2) is 0 Å². The fourth-order valence-corrected chi connectivity index (χ4v) is 1.29. The Morgan fingerprint density at radius 2 is 1.92 bits per heavy atom. The highest BCUT2D eigenvalue weighted by atomic mass is 32.2. The number of nitrogens with one attached hydrogen (secondary N) is 1. The molecule has 0 aromatic rings. The Bertz CT molecular complexity index is 230. The van der Waals surface area contributed by atoms with Crippen LogP contribution in [0, 0.1) is 0 Å². The van der Waals surface area contributed by atoms with Crippen LogP contribution in [-0.4, -0.2) is 28.7 Å². The first-order valence-electron chi connectivity index (χ1n) is 3.63. The summed E-state index contributed by atoms with van der Waals surface area (Å²) in [5.74, 6) is -0.790. The second-order valence-corrected chi connectivity index (χ2v) is 3.65. The molecule has 0 rings (SSSR count). The van der Waals surface area contributed by atoms with Crippen LogP contribution in [0.25, 0.3) is 0 Å². The number of rotatable bonds is 4. The second kappa shape index (κ2) is 5.58. The van der Waals surface area contributed by atoms with Crippen molar-refractivity contribution in [3.63, 3.8) is 0 Å². The molecule has 0 aliphatic carbocycles. The van der Waals surface area contributed by atoms with E-state index in [0.717, 1.165) is 11.8 Å². The maximum Gasteiger partial charge on any atom is 0.240 e. The fraction of sp³-hybridized carbons (Fsp3) is 0.571. The topological polar surface area (TPSA) is 89.3 Å². The Hall–Kier alpha value is -1.04. The summed E-state index contributed by atoms with van der Waals surface area (Å²) in [5.41, 5.74) is 4.99. The van der Waals surface area contributed by atoms with Crippen LogP contribution in [0.2, 0.25) is 0 Å². The second-order valence-electron chi connectivity index (χ2n) is 2.46. The highest BCUT2D eigenvalue weighted by Crippen LogP contribution is 2.03. The van der Waals surface area contributed by atoms with Gasteiger partial charge < -0.3 is 11.1 Å². The quantitative estimate of drug-likeness (QED) is 0.631. The maximum atomic E-state index is 10.7. The molecule has 0 aliphatic heterocycles. The lowest BCUT2D eigenvalue weighted by atomic mass is 10.3. The zero-order valence-corrected chi connectivity index (χ0v) is 8.31. The molecule has 74 valence electrons. The van der Waals surface area contributed by atoms with Gasteiger partial charge in [-0.25, -0.2) is 0 Å². The van der Waals surface area contributed by atoms with Crippen LogP contribution in [-0.2, 0) is 14.4 Å². The third kappa shape index (κ3) is 6.15. The molecule has 0 spiro atoms. The summed E-state index contributed by atoms with van der Waals surface area (Å²) in [6, 6.07) is -0.772. The predicted octanol–water partition coefficient (Wildman–Crippen LogP) is -0.744. The molecule has 0 bridgehead atoms. The number of thioether (sulfide) groups is 1. The average molecular weight is 204 g/mol. The van der Waals surface area contributed by atoms with Crippen LogP contribution in [0.1, 0.15) is 13.8 Å². The predicted molar refractivity (Wildman–Crippen MR) is 49.9 cm³/mol. The number of amides is 2. The standard InChI is InChI=1S/C7H12N2O3S/c1-4(10)9-6(7(8)12)3-13-5(2)11/h6H,3H2,1-2H3,(H2,8,12)(H,9,10)/t6-/m0/s1. The van der Waals surface area contributed by atoms with E-state index in [0.29, 0.717) is 0 Å². The van der Waals surface area contributed by atoms with Gasteiger partial charge in [-0.3, -0.25) is 14.4 Å². The van der Waals surface area contributed by atoms with Crippen molar-refractivity contribution in [1.29, 1.82) is 0 Å². The van der Waals surface area contributed by atoms with Gasteiger partial charge >= 0.3 is 0 Å². The SMILES string of the molecule is CC(=O)N[C@@H](CSC(C)=O)C(N)=O. The van der Waals surface area contributed by atoms with Gasteiger partial charge in [0.1, 0.15) is 6.04 Å². The average Bonchev–Trinajstić information content (AvgIpc) is 1.96. The van der Waals surface area contributed by atoms with Crippen molar-refractivity contribution in [2.24, 2.45) is 5.73 Å². The van der Waals surface area contributed by atoms with Gasteiger partial charge in [-0.05, 0) is 0 Å². The highest BCUT2D eigenvalue weighted by Gasteiger charge is 2.16. The molecule has 0 fully saturated rings. The Labute approximate surface area is 80.4 Å². The van der Waals surface area contributed by atoms with Gasteiger partial charge in [0.2, 0.25) is 11.8 Å². The Kier molecular flexibility index (Phi) is 5.13. The smallest absolute Gasteiger partial charge is 0.240 e. The van der Waals surface area contributed by atoms with E-state index in [1.54, 1.807) is 0 Å². The molecule has 6 heteroatoms. The van der Waals surface area contributed by atoms with E-state index >= 15 is 0 Å². The molecule has 0 aromatic carbocycles. The molecule has 13 heavy (non-hydrogen) atoms. The number of carbonyl (C=O) groups is 3. The normalized spacial score (nSPS) is 11.8. The maximum absolute atomic E-state index is 10.7. The van der Waals surface area contributed by atoms with Crippen molar-refractivity contribution in [3.05, 3.63) is 0 Å². The number of nitrogens with two attached hydrogens (primary N) is 1. The lowest BCUT2D eigenvalue weighted by Gasteiger charge is -2.12. The van der Waals surface area contributed by atoms with E-state index < -0.39 is 11.9 Å². The Morgan fingerprint density at radius 1 is 1.38 bits per heavy atom. The largest absolute Gasteiger partial charge is 0.368 e. The molecule has 0 aliphatic rings. The molecule has 0 unspecified atom stereocenters. The fourth-order valence-electron chi connectivity index (χ4n) is 0.641. The molecule has 2 amide bonds. The lowest BCUT2D eigenvalue weighted by Crippen LogP contribution is -2.45. The first kappa shape index (κ1) is 12.0. The number of carbonyl (C=O) groups excluding carboxylic acids is 3. The molecule has 0 radical (unpaired) electrons. The van der Waals surface area contributed by atoms with Crippen LogP contribution >= 0.6 is 11.8 Å². The summed E-state index contributed by atoms with van der Waals surface area (Å²) < 4.78 is 0. The number of hydrogen-bond donors (Lipinski definition) is 2. The van der Waals surface area contributed by atoms with Crippen molar-refractivity contribution in [3.8, 4) is 0 Å². The monoisotopic (exact) mass is 204 g/mol. The molecule has 5 nitrogen and oxygen atoms in total. The zero-order valence-electron chi connectivity index (χ0n) is 7.49. The summed E-state index contributed by atoms with van der Waals surface area (Å²) in [4.78, 5) is 31.9. The van der Waals surface area contributed by atoms with Gasteiger partial charge in [0.25, 0.3) is 0 Å². The highest BCUT2D eigenvalue weighted by molar-refractivity contribution is 8.13.